The molecule has 0 fully saturated rings. The predicted octanol–water partition coefficient (Wildman–Crippen LogP) is 2.05. The number of halogens is 1. The van der Waals surface area contributed by atoms with E-state index >= 15 is 0 Å². The van der Waals surface area contributed by atoms with Crippen molar-refractivity contribution in [2.45, 2.75) is 0 Å². The average Bonchev–Trinajstić information content (AvgIpc) is 2.96. The molecule has 14 heteroatoms. The maximum absolute atomic E-state index is 9.31. The molecule has 0 amide bonds. The first-order valence-electron chi connectivity index (χ1n) is 5.42. The summed E-state index contributed by atoms with van der Waals surface area (Å²) >= 11 is 1.19. The Labute approximate surface area is 212 Å². The number of fused-ring (bicyclic) bond motifs is 1. The number of carbonyl (C=O) groups excluding carboxylic acids is 1. The van der Waals surface area contributed by atoms with Crippen molar-refractivity contribution in [3.63, 3.8) is 0 Å². The molecule has 32 heavy (non-hydrogen) atoms. The van der Waals surface area contributed by atoms with E-state index in [2.05, 4.69) is 65.0 Å². The molecule has 1 N–H and O–H groups in total. The van der Waals surface area contributed by atoms with Crippen molar-refractivity contribution in [3.8, 4) is 5.75 Å². The van der Waals surface area contributed by atoms with Gasteiger partial charge in [0.15, 0.2) is 0 Å². The largest absolute Gasteiger partial charge is 0 e. The second kappa shape index (κ2) is 118. The molecule has 0 saturated carbocycles. The molecule has 0 aliphatic rings. The van der Waals surface area contributed by atoms with Crippen LogP contribution in [0.1, 0.15) is 0 Å². The monoisotopic (exact) mass is 807 g/mol. The summed E-state index contributed by atoms with van der Waals surface area (Å²) in [5, 5.41) is 10.3. The molecule has 2 rings (SSSR count). The van der Waals surface area contributed by atoms with Crippen molar-refractivity contribution in [3.05, 3.63) is 89.7 Å². The maximum Gasteiger partial charge on any atom is 0 e. The number of rotatable bonds is 0. The summed E-state index contributed by atoms with van der Waals surface area (Å²) in [6.07, 6.45) is 1.67. The molecule has 0 spiro atoms. The van der Waals surface area contributed by atoms with E-state index < -0.39 is 0 Å². The second-order valence-corrected chi connectivity index (χ2v) is 2.35. The van der Waals surface area contributed by atoms with Crippen molar-refractivity contribution < 1.29 is 85.7 Å². The van der Waals surface area contributed by atoms with Crippen molar-refractivity contribution in [1.82, 2.24) is 4.98 Å². The zero-order chi connectivity index (χ0) is 27.7. The van der Waals surface area contributed by atoms with E-state index in [-0.39, 0.29) is 26.2 Å². The van der Waals surface area contributed by atoms with Crippen LogP contribution in [0.3, 0.4) is 0 Å². The van der Waals surface area contributed by atoms with Crippen LogP contribution in [-0.2, 0) is 80.6 Å². The van der Waals surface area contributed by atoms with Crippen LogP contribution in [-0.4, -0.2) is 16.9 Å². The molecular formula is C18H8ClNO10Re2-. The molecule has 1 aromatic carbocycles. The Balaban J connectivity index is -0.0000000249. The minimum Gasteiger partial charge on any atom is 0 e. The van der Waals surface area contributed by atoms with Crippen molar-refractivity contribution in [1.29, 1.82) is 0 Å². The third-order valence-electron chi connectivity index (χ3n) is 1.61. The van der Waals surface area contributed by atoms with Crippen LogP contribution in [0.2, 0.25) is 0 Å². The molecule has 1 heterocycles. The zero-order valence-electron chi connectivity index (χ0n) is 15.2. The fraction of sp³-hybridized carbons (Fsp3) is 0. The molecular weight excluding hydrogens is 798 g/mol. The van der Waals surface area contributed by atoms with E-state index in [4.69, 9.17) is 51.5 Å². The normalized spacial score (nSPS) is 4.31. The number of phenols is 1. The van der Waals surface area contributed by atoms with Gasteiger partial charge in [0.25, 0.3) is 0 Å². The molecule has 1 aromatic heterocycles. The van der Waals surface area contributed by atoms with Crippen LogP contribution in [0.4, 0.5) is 0 Å². The number of benzene rings is 1. The molecule has 2 aromatic rings. The van der Waals surface area contributed by atoms with Crippen molar-refractivity contribution in [2.75, 3.05) is 0 Å². The predicted molar refractivity (Wildman–Crippen MR) is 87.4 cm³/mol. The zero-order valence-corrected chi connectivity index (χ0v) is 21.4. The summed E-state index contributed by atoms with van der Waals surface area (Å²) in [6, 6.07) is 9.13. The fourth-order valence-electron chi connectivity index (χ4n) is 1.09. The van der Waals surface area contributed by atoms with Gasteiger partial charge in [0.05, 0.1) is 0 Å². The summed E-state index contributed by atoms with van der Waals surface area (Å²) in [6.45, 7) is 39.2. The molecule has 167 valence electrons. The number of hydrogen-bond acceptors (Lipinski definition) is 3. The minimum atomic E-state index is 0. The Morgan fingerprint density at radius 1 is 0.688 bits per heavy atom. The van der Waals surface area contributed by atoms with Crippen LogP contribution in [0, 0.1) is 53.2 Å². The Morgan fingerprint density at radius 2 is 0.969 bits per heavy atom. The Bertz CT molecular complexity index is 664. The van der Waals surface area contributed by atoms with Crippen LogP contribution in [0.25, 0.3) is 10.9 Å². The first-order chi connectivity index (χ1) is 15.4. The van der Waals surface area contributed by atoms with Gasteiger partial charge in [0, 0.05) is 32.0 Å². The number of nitrogens with zero attached hydrogens (tertiary/aromatic N) is 1. The number of phenolic OH excluding ortho intramolecular Hbond substituents is 1. The summed E-state index contributed by atoms with van der Waals surface area (Å²) in [5.74, 6) is 0.239. The molecule has 11 nitrogen and oxygen atoms in total. The summed E-state index contributed by atoms with van der Waals surface area (Å²) < 4.78 is 60.0. The first kappa shape index (κ1) is 63.0. The maximum atomic E-state index is 9.31. The van der Waals surface area contributed by atoms with Crippen LogP contribution in [0.5, 0.6) is 5.75 Å². The molecule has 0 aliphatic carbocycles. The Kier molecular flexibility index (Phi) is 232. The van der Waals surface area contributed by atoms with E-state index in [1.807, 2.05) is 18.2 Å². The fourth-order valence-corrected chi connectivity index (χ4v) is 1.09. The average molecular weight is 806 g/mol. The number of aromatic hydroxyl groups is 1. The van der Waals surface area contributed by atoms with Crippen LogP contribution < -0.4 is 0 Å². The number of aromatic nitrogens is 1. The van der Waals surface area contributed by atoms with E-state index in [1.54, 1.807) is 18.3 Å². The minimum absolute atomic E-state index is 0. The third kappa shape index (κ3) is 56.5. The van der Waals surface area contributed by atoms with E-state index in [0.29, 0.717) is 5.52 Å². The van der Waals surface area contributed by atoms with Crippen LogP contribution in [0.15, 0.2) is 36.5 Å². The smallest absolute Gasteiger partial charge is 0 e. The number of pyridine rings is 1. The van der Waals surface area contributed by atoms with Gasteiger partial charge in [-0.2, -0.15) is 0 Å². The van der Waals surface area contributed by atoms with Gasteiger partial charge in [-0.25, -0.2) is 0 Å². The summed E-state index contributed by atoms with van der Waals surface area (Å²) in [4.78, 5) is 11.8. The molecule has 0 bridgehead atoms. The molecule has 0 unspecified atom stereocenters. The van der Waals surface area contributed by atoms with Gasteiger partial charge in [-0.05, 0) is 12.1 Å². The quantitative estimate of drug-likeness (QED) is 0.241. The molecule has 0 saturated heterocycles. The van der Waals surface area contributed by atoms with Crippen molar-refractivity contribution in [2.24, 2.45) is 0 Å². The molecule has 0 atom stereocenters. The summed E-state index contributed by atoms with van der Waals surface area (Å²) in [5.41, 5.74) is 0.662. The third-order valence-corrected chi connectivity index (χ3v) is 1.61. The number of hydrogen-bond donors (Lipinski definition) is 1. The van der Waals surface area contributed by atoms with Gasteiger partial charge < -0.3 is 9.90 Å². The van der Waals surface area contributed by atoms with E-state index in [9.17, 15) is 5.11 Å². The van der Waals surface area contributed by atoms with E-state index in [0.717, 1.165) is 5.39 Å². The van der Waals surface area contributed by atoms with Gasteiger partial charge >= 0.3 is 118 Å². The standard InChI is InChI=1S/C9H7NO.CHO.8CO.ClH.2Re/c11-8-5-1-3-7-4-2-6-10-9(7)8;9*1-2;;;/h1-6,11H;1H;;;;;;;;;1H;;/q;-1;;;;;;;;;;;+1/p-1. The first-order valence-corrected chi connectivity index (χ1v) is 8.78. The molecule has 1 radical (unpaired) electrons. The van der Waals surface area contributed by atoms with Crippen molar-refractivity contribution >= 4 is 27.2 Å². The second-order valence-electron chi connectivity index (χ2n) is 2.35. The topological polar surface area (TPSA) is 209 Å². The van der Waals surface area contributed by atoms with Gasteiger partial charge in [0.2, 0.25) is 0 Å². The Hall–Kier alpha value is -2.37. The number of para-hydroxylation sites is 1. The van der Waals surface area contributed by atoms with Gasteiger partial charge in [-0.3, -0.25) is 11.8 Å². The van der Waals surface area contributed by atoms with Crippen LogP contribution >= 0.6 is 9.53 Å². The van der Waals surface area contributed by atoms with E-state index in [1.165, 1.54) is 18.2 Å². The van der Waals surface area contributed by atoms with Gasteiger partial charge in [-0.1, -0.05) is 18.2 Å². The summed E-state index contributed by atoms with van der Waals surface area (Å²) in [7, 11) is 4.69. The Morgan fingerprint density at radius 3 is 1.25 bits per heavy atom. The van der Waals surface area contributed by atoms with Gasteiger partial charge in [0.1, 0.15) is 11.3 Å². The molecule has 0 aliphatic heterocycles. The van der Waals surface area contributed by atoms with Gasteiger partial charge in [-0.15, -0.1) is 0 Å². The SMILES string of the molecule is Oc1cccc2cccnc12.[C-]#[O+].[C-]#[O+].[C-]#[O+].[C-]#[O+].[C-]#[O+].[C-]#[O+].[C-]#[O+].[C-]#[O+].[CH-]=O.[Cl][Re].[Re].